The van der Waals surface area contributed by atoms with Gasteiger partial charge >= 0.3 is 0 Å². The Kier molecular flexibility index (Phi) is 5.28. The number of carbonyl (C=O) groups excluding carboxylic acids is 1. The highest BCUT2D eigenvalue weighted by atomic mass is 19.1. The van der Waals surface area contributed by atoms with Crippen LogP contribution in [-0.4, -0.2) is 19.6 Å². The molecule has 1 unspecified atom stereocenters. The smallest absolute Gasteiger partial charge is 0.224 e. The average Bonchev–Trinajstić information content (AvgIpc) is 2.31. The summed E-state index contributed by atoms with van der Waals surface area (Å²) < 4.78 is 18.4. The van der Waals surface area contributed by atoms with Gasteiger partial charge in [0.25, 0.3) is 0 Å². The molecule has 0 saturated carbocycles. The Balaban J connectivity index is 2.62. The number of anilines is 1. The lowest BCUT2D eigenvalue weighted by atomic mass is 10.1. The summed E-state index contributed by atoms with van der Waals surface area (Å²) in [6.45, 7) is 2.35. The number of amides is 1. The number of benzene rings is 1. The van der Waals surface area contributed by atoms with Crippen molar-refractivity contribution in [3.63, 3.8) is 0 Å². The van der Waals surface area contributed by atoms with Crippen LogP contribution in [0.5, 0.6) is 0 Å². The summed E-state index contributed by atoms with van der Waals surface area (Å²) in [5.74, 6) is -0.818. The van der Waals surface area contributed by atoms with Crippen molar-refractivity contribution in [2.45, 2.75) is 13.3 Å². The van der Waals surface area contributed by atoms with Crippen molar-refractivity contribution >= 4 is 11.6 Å². The summed E-state index contributed by atoms with van der Waals surface area (Å²) in [6.07, 6.45) is 0.257. The van der Waals surface area contributed by atoms with Gasteiger partial charge in [-0.25, -0.2) is 4.39 Å². The minimum atomic E-state index is -0.609. The molecule has 4 nitrogen and oxygen atoms in total. The quantitative estimate of drug-likeness (QED) is 0.872. The zero-order valence-electron chi connectivity index (χ0n) is 10.4. The zero-order valence-corrected chi connectivity index (χ0v) is 10.4. The molecule has 0 aliphatic heterocycles. The number of nitrogens with one attached hydrogen (secondary N) is 1. The summed E-state index contributed by atoms with van der Waals surface area (Å²) >= 11 is 0. The second kappa shape index (κ2) is 6.72. The lowest BCUT2D eigenvalue weighted by molar-refractivity contribution is -0.117. The van der Waals surface area contributed by atoms with Crippen LogP contribution in [0.2, 0.25) is 0 Å². The fraction of sp³-hybridized carbons (Fsp3) is 0.385. The predicted octanol–water partition coefficient (Wildman–Crippen LogP) is 2.31. The highest BCUT2D eigenvalue weighted by Crippen LogP contribution is 2.16. The van der Waals surface area contributed by atoms with Gasteiger partial charge in [0, 0.05) is 20.1 Å². The van der Waals surface area contributed by atoms with Crippen LogP contribution in [0.1, 0.15) is 18.9 Å². The Morgan fingerprint density at radius 3 is 2.89 bits per heavy atom. The van der Waals surface area contributed by atoms with Crippen LogP contribution in [0.4, 0.5) is 10.1 Å². The lowest BCUT2D eigenvalue weighted by Gasteiger charge is -2.11. The van der Waals surface area contributed by atoms with E-state index in [1.807, 2.05) is 13.0 Å². The number of nitriles is 1. The molecule has 0 heterocycles. The summed E-state index contributed by atoms with van der Waals surface area (Å²) in [7, 11) is 1.56. The van der Waals surface area contributed by atoms with Crippen molar-refractivity contribution in [1.29, 1.82) is 5.26 Å². The van der Waals surface area contributed by atoms with Crippen LogP contribution < -0.4 is 5.32 Å². The Morgan fingerprint density at radius 2 is 2.33 bits per heavy atom. The molecular formula is C13H15FN2O2. The SMILES string of the molecule is COCC(C)CC(=O)Nc1ccc(C#N)cc1F. The first-order chi connectivity index (χ1) is 8.56. The van der Waals surface area contributed by atoms with Crippen molar-refractivity contribution < 1.29 is 13.9 Å². The van der Waals surface area contributed by atoms with Crippen molar-refractivity contribution in [2.24, 2.45) is 5.92 Å². The Labute approximate surface area is 105 Å². The molecule has 5 heteroatoms. The van der Waals surface area contributed by atoms with E-state index in [-0.39, 0.29) is 29.5 Å². The third kappa shape index (κ3) is 4.15. The summed E-state index contributed by atoms with van der Waals surface area (Å²) in [6, 6.07) is 5.76. The van der Waals surface area contributed by atoms with Gasteiger partial charge in [0.15, 0.2) is 0 Å². The van der Waals surface area contributed by atoms with Gasteiger partial charge in [0.1, 0.15) is 5.82 Å². The van der Waals surface area contributed by atoms with E-state index in [9.17, 15) is 9.18 Å². The van der Waals surface area contributed by atoms with Crippen molar-refractivity contribution in [1.82, 2.24) is 0 Å². The molecule has 1 rings (SSSR count). The fourth-order valence-corrected chi connectivity index (χ4v) is 1.55. The molecule has 0 aromatic heterocycles. The second-order valence-electron chi connectivity index (χ2n) is 4.12. The van der Waals surface area contributed by atoms with Crippen molar-refractivity contribution in [3.8, 4) is 6.07 Å². The third-order valence-electron chi connectivity index (χ3n) is 2.36. The number of rotatable bonds is 5. The number of nitrogens with zero attached hydrogens (tertiary/aromatic N) is 1. The second-order valence-corrected chi connectivity index (χ2v) is 4.12. The van der Waals surface area contributed by atoms with Crippen LogP contribution in [0.25, 0.3) is 0 Å². The van der Waals surface area contributed by atoms with E-state index in [2.05, 4.69) is 5.32 Å². The largest absolute Gasteiger partial charge is 0.384 e. The first-order valence-corrected chi connectivity index (χ1v) is 5.55. The molecule has 0 aliphatic rings. The molecule has 0 radical (unpaired) electrons. The monoisotopic (exact) mass is 250 g/mol. The van der Waals surface area contributed by atoms with Gasteiger partial charge in [-0.3, -0.25) is 4.79 Å². The Hall–Kier alpha value is -1.93. The minimum absolute atomic E-state index is 0.0662. The third-order valence-corrected chi connectivity index (χ3v) is 2.36. The number of carbonyl (C=O) groups is 1. The number of hydrogen-bond acceptors (Lipinski definition) is 3. The summed E-state index contributed by atoms with van der Waals surface area (Å²) in [4.78, 5) is 11.6. The van der Waals surface area contributed by atoms with Crippen molar-refractivity contribution in [3.05, 3.63) is 29.6 Å². The molecule has 0 bridgehead atoms. The number of methoxy groups -OCH3 is 1. The van der Waals surface area contributed by atoms with E-state index in [1.54, 1.807) is 7.11 Å². The molecule has 0 fully saturated rings. The lowest BCUT2D eigenvalue weighted by Crippen LogP contribution is -2.18. The normalized spacial score (nSPS) is 11.7. The molecule has 1 aromatic rings. The Morgan fingerprint density at radius 1 is 1.61 bits per heavy atom. The first kappa shape index (κ1) is 14.1. The molecule has 0 spiro atoms. The topological polar surface area (TPSA) is 62.1 Å². The molecule has 18 heavy (non-hydrogen) atoms. The fourth-order valence-electron chi connectivity index (χ4n) is 1.55. The highest BCUT2D eigenvalue weighted by molar-refractivity contribution is 5.91. The van der Waals surface area contributed by atoms with Gasteiger partial charge in [-0.2, -0.15) is 5.26 Å². The molecule has 0 saturated heterocycles. The molecule has 1 aromatic carbocycles. The first-order valence-electron chi connectivity index (χ1n) is 5.55. The van der Waals surface area contributed by atoms with Crippen molar-refractivity contribution in [2.75, 3.05) is 19.0 Å². The number of ether oxygens (including phenoxy) is 1. The maximum Gasteiger partial charge on any atom is 0.224 e. The molecule has 96 valence electrons. The molecule has 1 amide bonds. The number of halogens is 1. The molecule has 1 N–H and O–H groups in total. The standard InChI is InChI=1S/C13H15FN2O2/c1-9(8-18-2)5-13(17)16-12-4-3-10(7-15)6-11(12)14/h3-4,6,9H,5,8H2,1-2H3,(H,16,17). The van der Waals surface area contributed by atoms with Gasteiger partial charge in [-0.1, -0.05) is 6.92 Å². The van der Waals surface area contributed by atoms with E-state index < -0.39 is 5.82 Å². The predicted molar refractivity (Wildman–Crippen MR) is 65.4 cm³/mol. The van der Waals surface area contributed by atoms with E-state index in [0.29, 0.717) is 6.61 Å². The highest BCUT2D eigenvalue weighted by Gasteiger charge is 2.11. The van der Waals surface area contributed by atoms with E-state index in [0.717, 1.165) is 6.07 Å². The van der Waals surface area contributed by atoms with Gasteiger partial charge in [0.05, 0.1) is 17.3 Å². The van der Waals surface area contributed by atoms with Crippen LogP contribution in [0.15, 0.2) is 18.2 Å². The summed E-state index contributed by atoms with van der Waals surface area (Å²) in [5, 5.41) is 11.1. The van der Waals surface area contributed by atoms with Crippen LogP contribution >= 0.6 is 0 Å². The molecule has 1 atom stereocenters. The van der Waals surface area contributed by atoms with Gasteiger partial charge < -0.3 is 10.1 Å². The van der Waals surface area contributed by atoms with Crippen LogP contribution in [-0.2, 0) is 9.53 Å². The summed E-state index contributed by atoms with van der Waals surface area (Å²) in [5.41, 5.74) is 0.307. The average molecular weight is 250 g/mol. The minimum Gasteiger partial charge on any atom is -0.384 e. The Bertz CT molecular complexity index is 469. The van der Waals surface area contributed by atoms with Gasteiger partial charge in [0.2, 0.25) is 5.91 Å². The zero-order chi connectivity index (χ0) is 13.5. The van der Waals surface area contributed by atoms with Gasteiger partial charge in [-0.15, -0.1) is 0 Å². The van der Waals surface area contributed by atoms with Crippen LogP contribution in [0, 0.1) is 23.1 Å². The van der Waals surface area contributed by atoms with E-state index >= 15 is 0 Å². The molecule has 0 aliphatic carbocycles. The van der Waals surface area contributed by atoms with Gasteiger partial charge in [-0.05, 0) is 24.1 Å². The number of hydrogen-bond donors (Lipinski definition) is 1. The van der Waals surface area contributed by atoms with E-state index in [4.69, 9.17) is 10.00 Å². The maximum absolute atomic E-state index is 13.5. The van der Waals surface area contributed by atoms with E-state index in [1.165, 1.54) is 12.1 Å². The molecular weight excluding hydrogens is 235 g/mol. The van der Waals surface area contributed by atoms with Crippen LogP contribution in [0.3, 0.4) is 0 Å². The maximum atomic E-state index is 13.5.